The summed E-state index contributed by atoms with van der Waals surface area (Å²) in [4.78, 5) is 16.3. The Balaban J connectivity index is 0.000000500. The maximum Gasteiger partial charge on any atom is 0.222 e. The quantitative estimate of drug-likeness (QED) is 0.638. The molecule has 1 heterocycles. The summed E-state index contributed by atoms with van der Waals surface area (Å²) in [5.41, 5.74) is 0. The van der Waals surface area contributed by atoms with Crippen molar-refractivity contribution >= 4 is 12.6 Å². The van der Waals surface area contributed by atoms with Crippen LogP contribution in [0.2, 0.25) is 0 Å². The van der Waals surface area contributed by atoms with E-state index >= 15 is 0 Å². The Morgan fingerprint density at radius 1 is 1.57 bits per heavy atom. The molecule has 3 heteroatoms. The lowest BCUT2D eigenvalue weighted by atomic mass is 10.1. The fourth-order valence-corrected chi connectivity index (χ4v) is 1.35. The second-order valence-corrected chi connectivity index (χ2v) is 3.98. The van der Waals surface area contributed by atoms with E-state index in [2.05, 4.69) is 25.6 Å². The summed E-state index contributed by atoms with van der Waals surface area (Å²) in [6.45, 7) is 9.46. The molecule has 1 aliphatic rings. The third-order valence-corrected chi connectivity index (χ3v) is 2.15. The van der Waals surface area contributed by atoms with Gasteiger partial charge in [0.05, 0.1) is 0 Å². The molecule has 3 nitrogen and oxygen atoms in total. The van der Waals surface area contributed by atoms with E-state index in [9.17, 15) is 4.79 Å². The third-order valence-electron chi connectivity index (χ3n) is 2.15. The van der Waals surface area contributed by atoms with Gasteiger partial charge < -0.3 is 9.89 Å². The fourth-order valence-electron chi connectivity index (χ4n) is 1.35. The number of hydrogen-bond acceptors (Lipinski definition) is 2. The Morgan fingerprint density at radius 3 is 2.50 bits per heavy atom. The molecule has 82 valence electrons. The minimum Gasteiger partial charge on any atom is -0.343 e. The number of carbonyl (C=O) groups excluding carboxylic acids is 1. The summed E-state index contributed by atoms with van der Waals surface area (Å²) >= 11 is 0. The van der Waals surface area contributed by atoms with E-state index in [-0.39, 0.29) is 0 Å². The lowest BCUT2D eigenvalue weighted by Crippen LogP contribution is -2.26. The summed E-state index contributed by atoms with van der Waals surface area (Å²) in [5.74, 6) is 1.06. The molecule has 0 aromatic heterocycles. The van der Waals surface area contributed by atoms with Gasteiger partial charge in [0, 0.05) is 26.6 Å². The van der Waals surface area contributed by atoms with Crippen LogP contribution in [0.3, 0.4) is 0 Å². The predicted octanol–water partition coefficient (Wildman–Crippen LogP) is 1.97. The Hall–Kier alpha value is -0.860. The van der Waals surface area contributed by atoms with E-state index in [1.54, 1.807) is 7.05 Å². The van der Waals surface area contributed by atoms with E-state index in [1.807, 2.05) is 4.90 Å². The SMILES string of the molecule is C=NC.CC(C)CCN1CCCC1=O. The summed E-state index contributed by atoms with van der Waals surface area (Å²) in [5, 5.41) is 0. The molecular weight excluding hydrogens is 176 g/mol. The zero-order valence-electron chi connectivity index (χ0n) is 9.62. The Morgan fingerprint density at radius 2 is 2.14 bits per heavy atom. The Kier molecular flexibility index (Phi) is 7.07. The van der Waals surface area contributed by atoms with Gasteiger partial charge in [0.15, 0.2) is 0 Å². The second-order valence-electron chi connectivity index (χ2n) is 3.98. The van der Waals surface area contributed by atoms with Crippen LogP contribution >= 0.6 is 0 Å². The average molecular weight is 198 g/mol. The molecule has 0 saturated carbocycles. The maximum absolute atomic E-state index is 11.1. The molecule has 0 spiro atoms. The molecule has 0 aromatic rings. The molecule has 1 fully saturated rings. The zero-order valence-corrected chi connectivity index (χ0v) is 9.62. The first-order valence-electron chi connectivity index (χ1n) is 5.24. The van der Waals surface area contributed by atoms with Crippen molar-refractivity contribution in [2.45, 2.75) is 33.1 Å². The number of rotatable bonds is 3. The zero-order chi connectivity index (χ0) is 11.0. The van der Waals surface area contributed by atoms with Crippen LogP contribution in [0.25, 0.3) is 0 Å². The third kappa shape index (κ3) is 5.73. The van der Waals surface area contributed by atoms with Crippen molar-refractivity contribution in [3.05, 3.63) is 0 Å². The molecule has 1 amide bonds. The molecule has 0 N–H and O–H groups in total. The van der Waals surface area contributed by atoms with Crippen LogP contribution in [0, 0.1) is 5.92 Å². The molecule has 0 radical (unpaired) electrons. The molecule has 0 aromatic carbocycles. The number of hydrogen-bond donors (Lipinski definition) is 0. The number of carbonyl (C=O) groups is 1. The summed E-state index contributed by atoms with van der Waals surface area (Å²) < 4.78 is 0. The standard InChI is InChI=1S/C9H17NO.C2H5N/c1-8(2)5-7-10-6-3-4-9(10)11;1-3-2/h8H,3-7H2,1-2H3;1H2,2H3. The molecule has 0 bridgehead atoms. The topological polar surface area (TPSA) is 32.7 Å². The largest absolute Gasteiger partial charge is 0.343 e. The van der Waals surface area contributed by atoms with Crippen molar-refractivity contribution in [1.29, 1.82) is 0 Å². The Bertz CT molecular complexity index is 178. The maximum atomic E-state index is 11.1. The first kappa shape index (κ1) is 13.1. The fraction of sp³-hybridized carbons (Fsp3) is 0.818. The highest BCUT2D eigenvalue weighted by Gasteiger charge is 2.19. The molecule has 1 rings (SSSR count). The van der Waals surface area contributed by atoms with Gasteiger partial charge >= 0.3 is 0 Å². The van der Waals surface area contributed by atoms with Crippen molar-refractivity contribution in [2.24, 2.45) is 10.9 Å². The van der Waals surface area contributed by atoms with Crippen LogP contribution in [0.5, 0.6) is 0 Å². The minimum atomic E-state index is 0.352. The van der Waals surface area contributed by atoms with Gasteiger partial charge in [0.25, 0.3) is 0 Å². The van der Waals surface area contributed by atoms with Crippen LogP contribution < -0.4 is 0 Å². The van der Waals surface area contributed by atoms with Gasteiger partial charge in [-0.15, -0.1) is 0 Å². The van der Waals surface area contributed by atoms with Crippen LogP contribution in [0.4, 0.5) is 0 Å². The van der Waals surface area contributed by atoms with Crippen LogP contribution in [-0.2, 0) is 4.79 Å². The molecule has 0 atom stereocenters. The number of nitrogens with zero attached hydrogens (tertiary/aromatic N) is 2. The van der Waals surface area contributed by atoms with Crippen molar-refractivity contribution in [3.63, 3.8) is 0 Å². The molecule has 1 aliphatic heterocycles. The van der Waals surface area contributed by atoms with Gasteiger partial charge in [-0.3, -0.25) is 4.79 Å². The minimum absolute atomic E-state index is 0.352. The van der Waals surface area contributed by atoms with Gasteiger partial charge in [0.1, 0.15) is 0 Å². The smallest absolute Gasteiger partial charge is 0.222 e. The first-order valence-corrected chi connectivity index (χ1v) is 5.24. The lowest BCUT2D eigenvalue weighted by molar-refractivity contribution is -0.127. The monoisotopic (exact) mass is 198 g/mol. The number of likely N-dealkylation sites (tertiary alicyclic amines) is 1. The Labute approximate surface area is 87.2 Å². The van der Waals surface area contributed by atoms with Gasteiger partial charge in [-0.2, -0.15) is 0 Å². The average Bonchev–Trinajstić information content (AvgIpc) is 2.49. The summed E-state index contributed by atoms with van der Waals surface area (Å²) in [7, 11) is 1.64. The normalized spacial score (nSPS) is 15.4. The number of amides is 1. The van der Waals surface area contributed by atoms with Crippen molar-refractivity contribution in [1.82, 2.24) is 4.90 Å². The highest BCUT2D eigenvalue weighted by molar-refractivity contribution is 5.77. The summed E-state index contributed by atoms with van der Waals surface area (Å²) in [6, 6.07) is 0. The van der Waals surface area contributed by atoms with Gasteiger partial charge in [-0.05, 0) is 25.5 Å². The second kappa shape index (κ2) is 7.54. The van der Waals surface area contributed by atoms with E-state index in [0.29, 0.717) is 11.8 Å². The molecule has 0 unspecified atom stereocenters. The van der Waals surface area contributed by atoms with Gasteiger partial charge in [-0.25, -0.2) is 0 Å². The first-order chi connectivity index (χ1) is 6.61. The van der Waals surface area contributed by atoms with Crippen LogP contribution in [0.15, 0.2) is 4.99 Å². The van der Waals surface area contributed by atoms with Crippen molar-refractivity contribution < 1.29 is 4.79 Å². The van der Waals surface area contributed by atoms with E-state index < -0.39 is 0 Å². The lowest BCUT2D eigenvalue weighted by Gasteiger charge is -2.16. The van der Waals surface area contributed by atoms with Crippen LogP contribution in [-0.4, -0.2) is 37.7 Å². The molecule has 0 aliphatic carbocycles. The van der Waals surface area contributed by atoms with E-state index in [4.69, 9.17) is 0 Å². The highest BCUT2D eigenvalue weighted by atomic mass is 16.2. The van der Waals surface area contributed by atoms with Gasteiger partial charge in [0.2, 0.25) is 5.91 Å². The van der Waals surface area contributed by atoms with E-state index in [1.165, 1.54) is 0 Å². The molecular formula is C11H22N2O. The van der Waals surface area contributed by atoms with Gasteiger partial charge in [-0.1, -0.05) is 13.8 Å². The number of aliphatic imine (C=N–C) groups is 1. The van der Waals surface area contributed by atoms with E-state index in [0.717, 1.165) is 32.4 Å². The highest BCUT2D eigenvalue weighted by Crippen LogP contribution is 2.11. The molecule has 1 saturated heterocycles. The predicted molar refractivity (Wildman–Crippen MR) is 60.7 cm³/mol. The van der Waals surface area contributed by atoms with Crippen molar-refractivity contribution in [3.8, 4) is 0 Å². The summed E-state index contributed by atoms with van der Waals surface area (Å²) in [6.07, 6.45) is 2.99. The van der Waals surface area contributed by atoms with Crippen LogP contribution in [0.1, 0.15) is 33.1 Å². The molecule has 14 heavy (non-hydrogen) atoms. The van der Waals surface area contributed by atoms with Crippen molar-refractivity contribution in [2.75, 3.05) is 20.1 Å².